The number of aryl methyl sites for hydroxylation is 1. The standard InChI is InChI=1S/C19H15N3O3S/c1-12-4-6-13(7-5-12)16-11-26-19-21-10-15(18(24)22(16)19)17(23)20-9-14-3-2-8-25-14/h2-8,10-11H,9H2,1H3,(H,20,23). The summed E-state index contributed by atoms with van der Waals surface area (Å²) in [5.41, 5.74) is 2.38. The molecule has 0 aliphatic rings. The quantitative estimate of drug-likeness (QED) is 0.602. The Kier molecular flexibility index (Phi) is 4.14. The van der Waals surface area contributed by atoms with Crippen LogP contribution in [0.4, 0.5) is 0 Å². The van der Waals surface area contributed by atoms with Crippen molar-refractivity contribution >= 4 is 22.2 Å². The molecule has 3 heterocycles. The zero-order valence-corrected chi connectivity index (χ0v) is 14.7. The van der Waals surface area contributed by atoms with Gasteiger partial charge in [-0.3, -0.25) is 14.0 Å². The second kappa shape index (κ2) is 6.61. The number of aromatic nitrogens is 2. The highest BCUT2D eigenvalue weighted by Gasteiger charge is 2.17. The molecule has 0 fully saturated rings. The van der Waals surface area contributed by atoms with Gasteiger partial charge in [-0.2, -0.15) is 0 Å². The largest absolute Gasteiger partial charge is 0.467 e. The maximum atomic E-state index is 12.9. The van der Waals surface area contributed by atoms with E-state index in [9.17, 15) is 9.59 Å². The molecular formula is C19H15N3O3S. The second-order valence-electron chi connectivity index (χ2n) is 5.84. The number of nitrogens with zero attached hydrogens (tertiary/aromatic N) is 2. The summed E-state index contributed by atoms with van der Waals surface area (Å²) in [6.07, 6.45) is 2.85. The van der Waals surface area contributed by atoms with E-state index >= 15 is 0 Å². The van der Waals surface area contributed by atoms with E-state index in [0.717, 1.165) is 16.8 Å². The Hall–Kier alpha value is -3.19. The number of hydrogen-bond acceptors (Lipinski definition) is 5. The minimum Gasteiger partial charge on any atom is -0.467 e. The Morgan fingerprint density at radius 2 is 2.08 bits per heavy atom. The van der Waals surface area contributed by atoms with E-state index in [4.69, 9.17) is 4.42 Å². The molecule has 0 spiro atoms. The number of carbonyl (C=O) groups excluding carboxylic acids is 1. The van der Waals surface area contributed by atoms with Crippen molar-refractivity contribution in [3.63, 3.8) is 0 Å². The normalized spacial score (nSPS) is 11.0. The molecule has 0 bridgehead atoms. The molecule has 1 aromatic carbocycles. The molecule has 130 valence electrons. The van der Waals surface area contributed by atoms with E-state index in [-0.39, 0.29) is 17.7 Å². The molecule has 0 radical (unpaired) electrons. The topological polar surface area (TPSA) is 76.6 Å². The highest BCUT2D eigenvalue weighted by molar-refractivity contribution is 7.15. The van der Waals surface area contributed by atoms with Crippen LogP contribution < -0.4 is 10.9 Å². The van der Waals surface area contributed by atoms with E-state index in [1.807, 2.05) is 36.6 Å². The van der Waals surface area contributed by atoms with Crippen LogP contribution in [0.5, 0.6) is 0 Å². The zero-order chi connectivity index (χ0) is 18.1. The van der Waals surface area contributed by atoms with Gasteiger partial charge in [0.2, 0.25) is 0 Å². The lowest BCUT2D eigenvalue weighted by atomic mass is 10.1. The molecule has 4 aromatic rings. The lowest BCUT2D eigenvalue weighted by molar-refractivity contribution is 0.0946. The predicted molar refractivity (Wildman–Crippen MR) is 99.4 cm³/mol. The fraction of sp³-hybridized carbons (Fsp3) is 0.105. The van der Waals surface area contributed by atoms with Crippen molar-refractivity contribution in [3.05, 3.63) is 81.5 Å². The van der Waals surface area contributed by atoms with Crippen LogP contribution in [0.2, 0.25) is 0 Å². The summed E-state index contributed by atoms with van der Waals surface area (Å²) < 4.78 is 6.67. The van der Waals surface area contributed by atoms with Gasteiger partial charge >= 0.3 is 0 Å². The summed E-state index contributed by atoms with van der Waals surface area (Å²) in [6.45, 7) is 2.22. The summed E-state index contributed by atoms with van der Waals surface area (Å²) in [4.78, 5) is 30.1. The van der Waals surface area contributed by atoms with Gasteiger partial charge in [0.25, 0.3) is 11.5 Å². The van der Waals surface area contributed by atoms with Crippen LogP contribution >= 0.6 is 11.3 Å². The van der Waals surface area contributed by atoms with Crippen LogP contribution in [0.1, 0.15) is 21.7 Å². The molecule has 7 heteroatoms. The van der Waals surface area contributed by atoms with Gasteiger partial charge in [0.05, 0.1) is 18.5 Å². The number of benzene rings is 1. The van der Waals surface area contributed by atoms with Crippen LogP contribution in [-0.4, -0.2) is 15.3 Å². The van der Waals surface area contributed by atoms with E-state index in [2.05, 4.69) is 10.3 Å². The van der Waals surface area contributed by atoms with Gasteiger partial charge in [0.1, 0.15) is 11.3 Å². The van der Waals surface area contributed by atoms with E-state index in [0.29, 0.717) is 10.7 Å². The summed E-state index contributed by atoms with van der Waals surface area (Å²) in [6, 6.07) is 11.4. The molecule has 1 N–H and O–H groups in total. The van der Waals surface area contributed by atoms with Gasteiger partial charge in [-0.15, -0.1) is 11.3 Å². The Balaban J connectivity index is 1.72. The lowest BCUT2D eigenvalue weighted by Gasteiger charge is -2.05. The Morgan fingerprint density at radius 1 is 1.27 bits per heavy atom. The van der Waals surface area contributed by atoms with Gasteiger partial charge in [-0.25, -0.2) is 4.98 Å². The summed E-state index contributed by atoms with van der Waals surface area (Å²) in [5.74, 6) is 0.137. The van der Waals surface area contributed by atoms with E-state index in [1.54, 1.807) is 12.1 Å². The summed E-state index contributed by atoms with van der Waals surface area (Å²) in [7, 11) is 0. The van der Waals surface area contributed by atoms with Crippen LogP contribution in [0.15, 0.2) is 63.4 Å². The third-order valence-corrected chi connectivity index (χ3v) is 4.88. The molecule has 0 saturated carbocycles. The fourth-order valence-corrected chi connectivity index (χ4v) is 3.51. The van der Waals surface area contributed by atoms with Gasteiger partial charge in [0.15, 0.2) is 4.96 Å². The molecule has 6 nitrogen and oxygen atoms in total. The average molecular weight is 365 g/mol. The van der Waals surface area contributed by atoms with Crippen molar-refractivity contribution < 1.29 is 9.21 Å². The number of rotatable bonds is 4. The number of fused-ring (bicyclic) bond motifs is 1. The van der Waals surface area contributed by atoms with Crippen LogP contribution in [0, 0.1) is 6.92 Å². The van der Waals surface area contributed by atoms with Gasteiger partial charge in [0, 0.05) is 11.6 Å². The average Bonchev–Trinajstić information content (AvgIpc) is 3.31. The minimum atomic E-state index is -0.477. The Morgan fingerprint density at radius 3 is 2.81 bits per heavy atom. The first-order chi connectivity index (χ1) is 12.6. The number of furan rings is 1. The van der Waals surface area contributed by atoms with Crippen LogP contribution in [0.3, 0.4) is 0 Å². The third-order valence-electron chi connectivity index (χ3n) is 4.04. The highest BCUT2D eigenvalue weighted by atomic mass is 32.1. The first-order valence-electron chi connectivity index (χ1n) is 8.00. The van der Waals surface area contributed by atoms with E-state index in [1.165, 1.54) is 28.2 Å². The zero-order valence-electron chi connectivity index (χ0n) is 13.9. The molecule has 26 heavy (non-hydrogen) atoms. The number of amides is 1. The molecule has 0 unspecified atom stereocenters. The molecule has 0 saturated heterocycles. The maximum Gasteiger partial charge on any atom is 0.271 e. The number of thiazole rings is 1. The monoisotopic (exact) mass is 365 g/mol. The van der Waals surface area contributed by atoms with Crippen molar-refractivity contribution in [2.75, 3.05) is 0 Å². The first-order valence-corrected chi connectivity index (χ1v) is 8.88. The number of nitrogens with one attached hydrogen (secondary N) is 1. The number of hydrogen-bond donors (Lipinski definition) is 1. The minimum absolute atomic E-state index is 0.000757. The maximum absolute atomic E-state index is 12.9. The fourth-order valence-electron chi connectivity index (χ4n) is 2.65. The number of carbonyl (C=O) groups is 1. The molecule has 0 aliphatic heterocycles. The molecule has 4 rings (SSSR count). The molecule has 0 aliphatic carbocycles. The van der Waals surface area contributed by atoms with Gasteiger partial charge < -0.3 is 9.73 Å². The smallest absolute Gasteiger partial charge is 0.271 e. The predicted octanol–water partition coefficient (Wildman–Crippen LogP) is 3.25. The lowest BCUT2D eigenvalue weighted by Crippen LogP contribution is -2.31. The van der Waals surface area contributed by atoms with Crippen LogP contribution in [0.25, 0.3) is 16.2 Å². The summed E-state index contributed by atoms with van der Waals surface area (Å²) in [5, 5.41) is 4.56. The van der Waals surface area contributed by atoms with Crippen LogP contribution in [-0.2, 0) is 6.54 Å². The van der Waals surface area contributed by atoms with Gasteiger partial charge in [-0.1, -0.05) is 29.8 Å². The van der Waals surface area contributed by atoms with Crippen molar-refractivity contribution in [2.45, 2.75) is 13.5 Å². The van der Waals surface area contributed by atoms with Gasteiger partial charge in [-0.05, 0) is 24.6 Å². The molecule has 3 aromatic heterocycles. The molecule has 1 amide bonds. The first kappa shape index (κ1) is 16.3. The van der Waals surface area contributed by atoms with Crippen molar-refractivity contribution in [1.82, 2.24) is 14.7 Å². The van der Waals surface area contributed by atoms with Crippen molar-refractivity contribution in [2.24, 2.45) is 0 Å². The highest BCUT2D eigenvalue weighted by Crippen LogP contribution is 2.24. The van der Waals surface area contributed by atoms with Crippen molar-refractivity contribution in [1.29, 1.82) is 0 Å². The SMILES string of the molecule is Cc1ccc(-c2csc3ncc(C(=O)NCc4ccco4)c(=O)n23)cc1. The van der Waals surface area contributed by atoms with Crippen molar-refractivity contribution in [3.8, 4) is 11.3 Å². The van der Waals surface area contributed by atoms with E-state index < -0.39 is 5.91 Å². The Bertz CT molecular complexity index is 1130. The third kappa shape index (κ3) is 2.93. The second-order valence-corrected chi connectivity index (χ2v) is 6.68. The Labute approximate surface area is 152 Å². The summed E-state index contributed by atoms with van der Waals surface area (Å²) >= 11 is 1.36. The molecule has 0 atom stereocenters. The molecular weight excluding hydrogens is 350 g/mol.